The van der Waals surface area contributed by atoms with Gasteiger partial charge in [0.25, 0.3) is 6.43 Å². The van der Waals surface area contributed by atoms with Crippen molar-refractivity contribution in [3.05, 3.63) is 73.8 Å². The molecule has 208 valence electrons. The Balaban J connectivity index is 1.39. The maximum Gasteiger partial charge on any atom is 0.333 e. The minimum Gasteiger partial charge on any atom is -0.368 e. The van der Waals surface area contributed by atoms with Gasteiger partial charge in [0.2, 0.25) is 5.78 Å². The number of anilines is 1. The van der Waals surface area contributed by atoms with Crippen molar-refractivity contribution in [3.8, 4) is 0 Å². The van der Waals surface area contributed by atoms with E-state index in [0.717, 1.165) is 16.9 Å². The van der Waals surface area contributed by atoms with Crippen LogP contribution in [0.4, 0.5) is 14.6 Å². The average molecular weight is 599 g/mol. The Hall–Kier alpha value is -2.55. The molecule has 1 aromatic carbocycles. The van der Waals surface area contributed by atoms with Crippen molar-refractivity contribution in [1.82, 2.24) is 9.97 Å². The number of thiophene rings is 1. The Morgan fingerprint density at radius 1 is 1.28 bits per heavy atom. The number of nitrogens with one attached hydrogen (secondary N) is 1. The van der Waals surface area contributed by atoms with Gasteiger partial charge in [0.1, 0.15) is 18.2 Å². The van der Waals surface area contributed by atoms with Gasteiger partial charge < -0.3 is 10.1 Å². The summed E-state index contributed by atoms with van der Waals surface area (Å²) in [6.07, 6.45) is 1.66. The monoisotopic (exact) mass is 598 g/mol. The summed E-state index contributed by atoms with van der Waals surface area (Å²) in [5, 5.41) is 8.60. The molecule has 9 nitrogen and oxygen atoms in total. The number of alkyl halides is 2. The third-order valence-electron chi connectivity index (χ3n) is 6.85. The third kappa shape index (κ3) is 6.44. The minimum atomic E-state index is -4.02. The molecule has 3 atom stereocenters. The molecule has 0 spiro atoms. The van der Waals surface area contributed by atoms with Gasteiger partial charge in [0.15, 0.2) is 0 Å². The molecule has 3 heterocycles. The molecule has 3 aromatic rings. The number of aromatic nitrogens is 2. The topological polar surface area (TPSA) is 134 Å². The third-order valence-corrected chi connectivity index (χ3v) is 8.71. The van der Waals surface area contributed by atoms with Crippen LogP contribution in [-0.2, 0) is 25.6 Å². The van der Waals surface area contributed by atoms with Gasteiger partial charge in [0, 0.05) is 22.8 Å². The zero-order valence-electron chi connectivity index (χ0n) is 20.5. The van der Waals surface area contributed by atoms with Gasteiger partial charge in [0.05, 0.1) is 28.5 Å². The lowest BCUT2D eigenvalue weighted by atomic mass is 9.93. The number of benzene rings is 1. The highest BCUT2D eigenvalue weighted by molar-refractivity contribution is 7.84. The van der Waals surface area contributed by atoms with Crippen molar-refractivity contribution in [2.24, 2.45) is 11.1 Å². The van der Waals surface area contributed by atoms with E-state index in [9.17, 15) is 22.0 Å². The highest BCUT2D eigenvalue weighted by atomic mass is 35.5. The van der Waals surface area contributed by atoms with Crippen LogP contribution in [0.3, 0.4) is 0 Å². The van der Waals surface area contributed by atoms with Crippen LogP contribution in [0.25, 0.3) is 0 Å². The van der Waals surface area contributed by atoms with Crippen molar-refractivity contribution >= 4 is 44.8 Å². The minimum absolute atomic E-state index is 0.0292. The van der Waals surface area contributed by atoms with E-state index in [0.29, 0.717) is 42.9 Å². The van der Waals surface area contributed by atoms with Crippen LogP contribution < -0.4 is 10.5 Å². The van der Waals surface area contributed by atoms with Crippen LogP contribution in [0.1, 0.15) is 68.6 Å². The second kappa shape index (κ2) is 11.5. The molecule has 39 heavy (non-hydrogen) atoms. The first-order valence-electron chi connectivity index (χ1n) is 12.2. The number of ketones is 1. The molecule has 5 rings (SSSR count). The zero-order chi connectivity index (χ0) is 27.7. The van der Waals surface area contributed by atoms with Gasteiger partial charge in [-0.2, -0.15) is 8.42 Å². The maximum atomic E-state index is 14.2. The largest absolute Gasteiger partial charge is 0.368 e. The van der Waals surface area contributed by atoms with E-state index in [4.69, 9.17) is 25.7 Å². The predicted molar refractivity (Wildman–Crippen MR) is 142 cm³/mol. The quantitative estimate of drug-likeness (QED) is 0.335. The number of carbonyl (C=O) groups is 1. The van der Waals surface area contributed by atoms with Gasteiger partial charge >= 0.3 is 10.3 Å². The van der Waals surface area contributed by atoms with E-state index < -0.39 is 28.6 Å². The summed E-state index contributed by atoms with van der Waals surface area (Å²) in [5.74, 6) is -0.264. The molecule has 0 radical (unpaired) electrons. The van der Waals surface area contributed by atoms with Crippen LogP contribution in [-0.4, -0.2) is 43.4 Å². The number of hydrogen-bond donors (Lipinski definition) is 2. The van der Waals surface area contributed by atoms with Crippen LogP contribution in [0, 0.1) is 5.92 Å². The summed E-state index contributed by atoms with van der Waals surface area (Å²) in [4.78, 5) is 21.6. The summed E-state index contributed by atoms with van der Waals surface area (Å²) < 4.78 is 61.1. The van der Waals surface area contributed by atoms with Crippen molar-refractivity contribution in [3.63, 3.8) is 0 Å². The van der Waals surface area contributed by atoms with E-state index in [1.165, 1.54) is 18.6 Å². The lowest BCUT2D eigenvalue weighted by Crippen LogP contribution is -2.22. The lowest BCUT2D eigenvalue weighted by molar-refractivity contribution is 0.0661. The molecule has 2 aromatic heterocycles. The molecule has 2 aliphatic rings. The number of fused-ring (bicyclic) bond motifs is 1. The molecule has 1 saturated carbocycles. The van der Waals surface area contributed by atoms with E-state index >= 15 is 0 Å². The van der Waals surface area contributed by atoms with Crippen LogP contribution in [0.15, 0.2) is 36.8 Å². The first-order valence-corrected chi connectivity index (χ1v) is 14.9. The smallest absolute Gasteiger partial charge is 0.333 e. The second-order valence-electron chi connectivity index (χ2n) is 9.49. The molecule has 1 aliphatic carbocycles. The Kier molecular flexibility index (Phi) is 8.26. The molecule has 0 amide bonds. The molecule has 0 saturated heterocycles. The fourth-order valence-corrected chi connectivity index (χ4v) is 6.62. The SMILES string of the molecule is NS(=O)(=O)OCC1CC[C@H](Nc2ncncc2C(=O)c2cc(C3OCCc4ccc(Cl)cc43)c(C(F)F)s2)C1. The number of halogens is 3. The number of hydrogen-bond acceptors (Lipinski definition) is 9. The Labute approximate surface area is 233 Å². The molecular weight excluding hydrogens is 574 g/mol. The van der Waals surface area contributed by atoms with E-state index in [-0.39, 0.29) is 45.3 Å². The average Bonchev–Trinajstić information content (AvgIpc) is 3.54. The van der Waals surface area contributed by atoms with E-state index in [1.54, 1.807) is 12.1 Å². The van der Waals surface area contributed by atoms with Crippen LogP contribution >= 0.6 is 22.9 Å². The highest BCUT2D eigenvalue weighted by Gasteiger charge is 2.32. The van der Waals surface area contributed by atoms with Crippen LogP contribution in [0.5, 0.6) is 0 Å². The first-order chi connectivity index (χ1) is 18.6. The molecule has 0 bridgehead atoms. The summed E-state index contributed by atoms with van der Waals surface area (Å²) in [6.45, 7) is 0.324. The number of ether oxygens (including phenoxy) is 1. The Morgan fingerprint density at radius 2 is 2.10 bits per heavy atom. The lowest BCUT2D eigenvalue weighted by Gasteiger charge is -2.26. The Morgan fingerprint density at radius 3 is 2.87 bits per heavy atom. The van der Waals surface area contributed by atoms with Crippen LogP contribution in [0.2, 0.25) is 5.02 Å². The maximum absolute atomic E-state index is 14.2. The molecule has 1 aliphatic heterocycles. The van der Waals surface area contributed by atoms with Crippen molar-refractivity contribution in [1.29, 1.82) is 0 Å². The normalized spacial score (nSPS) is 21.2. The van der Waals surface area contributed by atoms with Crippen molar-refractivity contribution in [2.75, 3.05) is 18.5 Å². The van der Waals surface area contributed by atoms with Gasteiger partial charge in [-0.15, -0.1) is 11.3 Å². The number of carbonyl (C=O) groups excluding carboxylic acids is 1. The molecule has 14 heteroatoms. The summed E-state index contributed by atoms with van der Waals surface area (Å²) in [6, 6.07) is 6.69. The summed E-state index contributed by atoms with van der Waals surface area (Å²) in [7, 11) is -4.02. The van der Waals surface area contributed by atoms with Gasteiger partial charge in [-0.3, -0.25) is 8.98 Å². The predicted octanol–water partition coefficient (Wildman–Crippen LogP) is 4.82. The fourth-order valence-electron chi connectivity index (χ4n) is 5.06. The summed E-state index contributed by atoms with van der Waals surface area (Å²) in [5.41, 5.74) is 2.05. The van der Waals surface area contributed by atoms with Crippen molar-refractivity contribution in [2.45, 2.75) is 44.3 Å². The van der Waals surface area contributed by atoms with Gasteiger partial charge in [-0.25, -0.2) is 23.9 Å². The summed E-state index contributed by atoms with van der Waals surface area (Å²) >= 11 is 6.91. The molecule has 3 N–H and O–H groups in total. The molecule has 2 unspecified atom stereocenters. The second-order valence-corrected chi connectivity index (χ2v) is 12.2. The van der Waals surface area contributed by atoms with E-state index in [2.05, 4.69) is 15.3 Å². The van der Waals surface area contributed by atoms with Gasteiger partial charge in [-0.1, -0.05) is 17.7 Å². The van der Waals surface area contributed by atoms with Gasteiger partial charge in [-0.05, 0) is 60.9 Å². The number of nitrogens with two attached hydrogens (primary N) is 1. The fraction of sp³-hybridized carbons (Fsp3) is 0.400. The number of nitrogens with zero attached hydrogens (tertiary/aromatic N) is 2. The highest BCUT2D eigenvalue weighted by Crippen LogP contribution is 2.43. The van der Waals surface area contributed by atoms with E-state index in [1.807, 2.05) is 6.07 Å². The first kappa shape index (κ1) is 28.0. The standard InChI is InChI=1S/C25H25ClF2N4O5S2/c26-15-3-2-14-5-6-36-22(17(14)8-15)18-9-20(38-23(18)24(27)28)21(33)19-10-30-12-31-25(19)32-16-4-1-13(7-16)11-37-39(29,34)35/h2-3,8-10,12-13,16,22,24H,1,4-7,11H2,(H2,29,34,35)(H,30,31,32)/t13?,16-,22?/m0/s1. The zero-order valence-corrected chi connectivity index (χ0v) is 22.9. The number of rotatable bonds is 9. The Bertz CT molecular complexity index is 1490. The van der Waals surface area contributed by atoms with Crippen molar-refractivity contribution < 1.29 is 30.9 Å². The molecular formula is C25H25ClF2N4O5S2. The molecule has 1 fully saturated rings.